The predicted molar refractivity (Wildman–Crippen MR) is 101 cm³/mol. The van der Waals surface area contributed by atoms with Crippen LogP contribution in [-0.2, 0) is 0 Å². The van der Waals surface area contributed by atoms with Gasteiger partial charge in [-0.25, -0.2) is 9.97 Å². The van der Waals surface area contributed by atoms with E-state index in [9.17, 15) is 4.79 Å². The topological polar surface area (TPSA) is 92.9 Å². The molecule has 25 heavy (non-hydrogen) atoms. The average molecular weight is 333 g/mol. The highest BCUT2D eigenvalue weighted by Gasteiger charge is 2.10. The second-order valence-corrected chi connectivity index (χ2v) is 5.68. The number of nitrogens with one attached hydrogen (secondary N) is 2. The zero-order chi connectivity index (χ0) is 17.8. The maximum Gasteiger partial charge on any atom is 0.159 e. The first-order valence-electron chi connectivity index (χ1n) is 7.86. The van der Waals surface area contributed by atoms with E-state index in [1.807, 2.05) is 43.3 Å². The lowest BCUT2D eigenvalue weighted by Gasteiger charge is -2.14. The summed E-state index contributed by atoms with van der Waals surface area (Å²) in [6, 6.07) is 15.0. The largest absolute Gasteiger partial charge is 0.393 e. The highest BCUT2D eigenvalue weighted by Crippen LogP contribution is 2.29. The second kappa shape index (κ2) is 7.00. The maximum absolute atomic E-state index is 11.3. The summed E-state index contributed by atoms with van der Waals surface area (Å²) in [5, 5.41) is 6.38. The lowest BCUT2D eigenvalue weighted by molar-refractivity contribution is 0.101. The van der Waals surface area contributed by atoms with E-state index in [2.05, 4.69) is 20.6 Å². The van der Waals surface area contributed by atoms with E-state index in [1.165, 1.54) is 13.3 Å². The molecular weight excluding hydrogens is 314 g/mol. The van der Waals surface area contributed by atoms with Crippen LogP contribution in [0.3, 0.4) is 0 Å². The van der Waals surface area contributed by atoms with Gasteiger partial charge in [0.2, 0.25) is 0 Å². The molecule has 126 valence electrons. The highest BCUT2D eigenvalue weighted by atomic mass is 16.1. The number of carbonyl (C=O) groups excluding carboxylic acids is 1. The Balaban J connectivity index is 1.83. The lowest BCUT2D eigenvalue weighted by Crippen LogP contribution is -2.05. The van der Waals surface area contributed by atoms with Crippen LogP contribution >= 0.6 is 0 Å². The number of hydrogen-bond donors (Lipinski definition) is 3. The fourth-order valence-electron chi connectivity index (χ4n) is 2.36. The lowest BCUT2D eigenvalue weighted by atomic mass is 10.1. The monoisotopic (exact) mass is 333 g/mol. The zero-order valence-electron chi connectivity index (χ0n) is 14.1. The molecule has 0 unspecified atom stereocenters. The van der Waals surface area contributed by atoms with Gasteiger partial charge < -0.3 is 16.4 Å². The van der Waals surface area contributed by atoms with Gasteiger partial charge in [-0.05, 0) is 49.7 Å². The first kappa shape index (κ1) is 16.4. The van der Waals surface area contributed by atoms with Crippen molar-refractivity contribution < 1.29 is 4.79 Å². The van der Waals surface area contributed by atoms with E-state index < -0.39 is 0 Å². The minimum atomic E-state index is 0.0258. The molecule has 2 aromatic carbocycles. The van der Waals surface area contributed by atoms with Crippen LogP contribution in [0, 0.1) is 6.92 Å². The molecule has 0 radical (unpaired) electrons. The molecule has 0 aliphatic heterocycles. The van der Waals surface area contributed by atoms with Gasteiger partial charge >= 0.3 is 0 Å². The van der Waals surface area contributed by atoms with Crippen LogP contribution in [0.2, 0.25) is 0 Å². The number of nitrogens with two attached hydrogens (primary N) is 1. The first-order chi connectivity index (χ1) is 12.0. The Kier molecular flexibility index (Phi) is 4.61. The molecule has 1 heterocycles. The smallest absolute Gasteiger partial charge is 0.159 e. The van der Waals surface area contributed by atoms with Crippen LogP contribution in [0.5, 0.6) is 0 Å². The molecule has 0 spiro atoms. The van der Waals surface area contributed by atoms with Crippen molar-refractivity contribution in [1.82, 2.24) is 9.97 Å². The Hall–Kier alpha value is -3.41. The normalized spacial score (nSPS) is 10.3. The number of aromatic nitrogens is 2. The van der Waals surface area contributed by atoms with Crippen molar-refractivity contribution in [1.29, 1.82) is 0 Å². The van der Waals surface area contributed by atoms with Crippen molar-refractivity contribution in [2.45, 2.75) is 13.8 Å². The molecule has 0 bridgehead atoms. The SMILES string of the molecule is CC(=O)c1ccc(Nc2ncnc(Nc3ccccc3C)c2N)cc1. The Morgan fingerprint density at radius 2 is 1.60 bits per heavy atom. The minimum absolute atomic E-state index is 0.0258. The molecular formula is C19H19N5O. The summed E-state index contributed by atoms with van der Waals surface area (Å²) in [5.74, 6) is 1.06. The maximum atomic E-state index is 11.3. The molecule has 4 N–H and O–H groups in total. The summed E-state index contributed by atoms with van der Waals surface area (Å²) in [4.78, 5) is 19.8. The van der Waals surface area contributed by atoms with Crippen LogP contribution < -0.4 is 16.4 Å². The predicted octanol–water partition coefficient (Wildman–Crippen LogP) is 4.06. The molecule has 1 aromatic heterocycles. The Morgan fingerprint density at radius 3 is 2.24 bits per heavy atom. The van der Waals surface area contributed by atoms with Crippen LogP contribution in [-0.4, -0.2) is 15.8 Å². The van der Waals surface area contributed by atoms with Crippen molar-refractivity contribution in [3.63, 3.8) is 0 Å². The van der Waals surface area contributed by atoms with Gasteiger partial charge in [-0.1, -0.05) is 18.2 Å². The molecule has 3 rings (SSSR count). The number of ketones is 1. The number of anilines is 5. The summed E-state index contributed by atoms with van der Waals surface area (Å²) < 4.78 is 0. The number of nitrogens with zero attached hydrogens (tertiary/aromatic N) is 2. The standard InChI is InChI=1S/C19H19N5O/c1-12-5-3-4-6-16(12)24-19-17(20)18(21-11-22-19)23-15-9-7-14(8-10-15)13(2)25/h3-11H,20H2,1-2H3,(H2,21,22,23,24). The number of Topliss-reactive ketones (excluding diaryl/α,β-unsaturated/α-hetero) is 1. The zero-order valence-corrected chi connectivity index (χ0v) is 14.1. The number of hydrogen-bond acceptors (Lipinski definition) is 6. The summed E-state index contributed by atoms with van der Waals surface area (Å²) in [6.45, 7) is 3.55. The average Bonchev–Trinajstić information content (AvgIpc) is 2.61. The molecule has 0 saturated heterocycles. The van der Waals surface area contributed by atoms with Crippen molar-refractivity contribution in [3.05, 3.63) is 66.0 Å². The fourth-order valence-corrected chi connectivity index (χ4v) is 2.36. The summed E-state index contributed by atoms with van der Waals surface area (Å²) in [7, 11) is 0. The molecule has 0 atom stereocenters. The third-order valence-electron chi connectivity index (χ3n) is 3.84. The van der Waals surface area contributed by atoms with E-state index in [4.69, 9.17) is 5.73 Å². The van der Waals surface area contributed by atoms with Crippen LogP contribution in [0.4, 0.5) is 28.7 Å². The fraction of sp³-hybridized carbons (Fsp3) is 0.105. The van der Waals surface area contributed by atoms with Gasteiger partial charge in [0.1, 0.15) is 12.0 Å². The molecule has 0 amide bonds. The Labute approximate surface area is 146 Å². The van der Waals surface area contributed by atoms with Crippen LogP contribution in [0.15, 0.2) is 54.9 Å². The number of nitrogen functional groups attached to an aromatic ring is 1. The van der Waals surface area contributed by atoms with Crippen LogP contribution in [0.25, 0.3) is 0 Å². The number of aryl methyl sites for hydroxylation is 1. The van der Waals surface area contributed by atoms with E-state index in [0.717, 1.165) is 16.9 Å². The number of benzene rings is 2. The molecule has 0 saturated carbocycles. The second-order valence-electron chi connectivity index (χ2n) is 5.68. The van der Waals surface area contributed by atoms with E-state index in [-0.39, 0.29) is 5.78 Å². The van der Waals surface area contributed by atoms with Gasteiger partial charge in [0, 0.05) is 16.9 Å². The third kappa shape index (κ3) is 3.74. The Bertz CT molecular complexity index is 906. The third-order valence-corrected chi connectivity index (χ3v) is 3.84. The molecule has 6 nitrogen and oxygen atoms in total. The van der Waals surface area contributed by atoms with E-state index in [1.54, 1.807) is 12.1 Å². The molecule has 0 aliphatic carbocycles. The van der Waals surface area contributed by atoms with Gasteiger partial charge in [-0.3, -0.25) is 4.79 Å². The minimum Gasteiger partial charge on any atom is -0.393 e. The van der Waals surface area contributed by atoms with Crippen molar-refractivity contribution in [2.75, 3.05) is 16.4 Å². The van der Waals surface area contributed by atoms with Gasteiger partial charge in [-0.2, -0.15) is 0 Å². The van der Waals surface area contributed by atoms with Crippen molar-refractivity contribution >= 4 is 34.5 Å². The van der Waals surface area contributed by atoms with Gasteiger partial charge in [-0.15, -0.1) is 0 Å². The van der Waals surface area contributed by atoms with Crippen LogP contribution in [0.1, 0.15) is 22.8 Å². The number of carbonyl (C=O) groups is 1. The van der Waals surface area contributed by atoms with Gasteiger partial charge in [0.15, 0.2) is 17.4 Å². The van der Waals surface area contributed by atoms with Crippen molar-refractivity contribution in [2.24, 2.45) is 0 Å². The summed E-state index contributed by atoms with van der Waals surface area (Å²) in [6.07, 6.45) is 1.45. The molecule has 3 aromatic rings. The number of para-hydroxylation sites is 1. The summed E-state index contributed by atoms with van der Waals surface area (Å²) in [5.41, 5.74) is 10.1. The summed E-state index contributed by atoms with van der Waals surface area (Å²) >= 11 is 0. The highest BCUT2D eigenvalue weighted by molar-refractivity contribution is 5.94. The quantitative estimate of drug-likeness (QED) is 0.610. The molecule has 0 aliphatic rings. The molecule has 0 fully saturated rings. The molecule has 6 heteroatoms. The van der Waals surface area contributed by atoms with E-state index >= 15 is 0 Å². The van der Waals surface area contributed by atoms with Crippen molar-refractivity contribution in [3.8, 4) is 0 Å². The van der Waals surface area contributed by atoms with E-state index in [0.29, 0.717) is 22.9 Å². The first-order valence-corrected chi connectivity index (χ1v) is 7.86. The number of rotatable bonds is 5. The van der Waals surface area contributed by atoms with Gasteiger partial charge in [0.25, 0.3) is 0 Å². The Morgan fingerprint density at radius 1 is 0.960 bits per heavy atom. The van der Waals surface area contributed by atoms with Gasteiger partial charge in [0.05, 0.1) is 0 Å².